The number of hydrogen-bond acceptors (Lipinski definition) is 5. The summed E-state index contributed by atoms with van der Waals surface area (Å²) < 4.78 is 13.1. The average Bonchev–Trinajstić information content (AvgIpc) is 3.08. The fourth-order valence-electron chi connectivity index (χ4n) is 2.85. The van der Waals surface area contributed by atoms with Crippen molar-refractivity contribution < 1.29 is 9.47 Å². The van der Waals surface area contributed by atoms with E-state index < -0.39 is 0 Å². The molecule has 1 unspecified atom stereocenters. The first kappa shape index (κ1) is 18.0. The Hall–Kier alpha value is -1.76. The van der Waals surface area contributed by atoms with Crippen molar-refractivity contribution >= 4 is 0 Å². The molecule has 1 atom stereocenters. The van der Waals surface area contributed by atoms with Gasteiger partial charge in [-0.1, -0.05) is 25.1 Å². The maximum atomic E-state index is 5.77. The van der Waals surface area contributed by atoms with Crippen LogP contribution in [0.4, 0.5) is 0 Å². The van der Waals surface area contributed by atoms with Crippen molar-refractivity contribution in [2.75, 3.05) is 6.61 Å². The van der Waals surface area contributed by atoms with E-state index in [-0.39, 0.29) is 6.29 Å². The molecule has 3 rings (SSSR count). The molecular formula is C19H28N4O2. The van der Waals surface area contributed by atoms with Crippen molar-refractivity contribution in [2.24, 2.45) is 0 Å². The zero-order chi connectivity index (χ0) is 17.6. The molecule has 6 heteroatoms. The summed E-state index contributed by atoms with van der Waals surface area (Å²) in [5, 5.41) is 11.9. The Morgan fingerprint density at radius 3 is 2.96 bits per heavy atom. The van der Waals surface area contributed by atoms with E-state index in [1.165, 1.54) is 11.1 Å². The molecule has 1 fully saturated rings. The monoisotopic (exact) mass is 344 g/mol. The van der Waals surface area contributed by atoms with Gasteiger partial charge in [-0.3, -0.25) is 0 Å². The summed E-state index contributed by atoms with van der Waals surface area (Å²) in [7, 11) is 0. The van der Waals surface area contributed by atoms with E-state index in [1.807, 2.05) is 6.20 Å². The van der Waals surface area contributed by atoms with Gasteiger partial charge in [0.25, 0.3) is 0 Å². The van der Waals surface area contributed by atoms with Crippen LogP contribution in [0.3, 0.4) is 0 Å². The zero-order valence-electron chi connectivity index (χ0n) is 15.4. The summed E-state index contributed by atoms with van der Waals surface area (Å²) in [6, 6.07) is 6.84. The highest BCUT2D eigenvalue weighted by atomic mass is 16.7. The van der Waals surface area contributed by atoms with Crippen molar-refractivity contribution in [1.82, 2.24) is 20.3 Å². The molecule has 0 saturated carbocycles. The zero-order valence-corrected chi connectivity index (χ0v) is 15.4. The van der Waals surface area contributed by atoms with Gasteiger partial charge in [-0.05, 0) is 49.4 Å². The molecule has 0 radical (unpaired) electrons. The molecule has 1 aromatic heterocycles. The molecule has 6 nitrogen and oxygen atoms in total. The minimum Gasteiger partial charge on any atom is -0.353 e. The third-order valence-electron chi connectivity index (χ3n) is 4.39. The molecule has 0 spiro atoms. The first-order valence-electron chi connectivity index (χ1n) is 9.09. The molecule has 136 valence electrons. The molecule has 1 saturated heterocycles. The Morgan fingerprint density at radius 2 is 2.24 bits per heavy atom. The van der Waals surface area contributed by atoms with Gasteiger partial charge in [0.05, 0.1) is 18.5 Å². The quantitative estimate of drug-likeness (QED) is 0.836. The topological polar surface area (TPSA) is 61.2 Å². The molecule has 0 amide bonds. The van der Waals surface area contributed by atoms with Crippen molar-refractivity contribution in [3.8, 4) is 5.69 Å². The Kier molecular flexibility index (Phi) is 6.18. The highest BCUT2D eigenvalue weighted by Crippen LogP contribution is 2.17. The number of benzene rings is 1. The predicted octanol–water partition coefficient (Wildman–Crippen LogP) is 3.12. The van der Waals surface area contributed by atoms with Crippen LogP contribution in [0, 0.1) is 6.92 Å². The van der Waals surface area contributed by atoms with Crippen molar-refractivity contribution in [3.63, 3.8) is 0 Å². The van der Waals surface area contributed by atoms with Crippen molar-refractivity contribution in [2.45, 2.75) is 65.5 Å². The van der Waals surface area contributed by atoms with Gasteiger partial charge in [-0.15, -0.1) is 5.10 Å². The van der Waals surface area contributed by atoms with E-state index in [4.69, 9.17) is 9.47 Å². The van der Waals surface area contributed by atoms with Crippen LogP contribution in [0.15, 0.2) is 24.4 Å². The molecule has 1 aromatic carbocycles. The van der Waals surface area contributed by atoms with Crippen LogP contribution in [-0.2, 0) is 22.6 Å². The fraction of sp³-hybridized carbons (Fsp3) is 0.579. The second kappa shape index (κ2) is 8.56. The molecule has 1 aliphatic rings. The maximum absolute atomic E-state index is 5.77. The van der Waals surface area contributed by atoms with E-state index in [1.54, 1.807) is 4.68 Å². The lowest BCUT2D eigenvalue weighted by Gasteiger charge is -2.22. The van der Waals surface area contributed by atoms with Crippen molar-refractivity contribution in [3.05, 3.63) is 41.2 Å². The number of nitrogens with zero attached hydrogens (tertiary/aromatic N) is 3. The van der Waals surface area contributed by atoms with E-state index in [0.717, 1.165) is 43.8 Å². The highest BCUT2D eigenvalue weighted by molar-refractivity contribution is 5.39. The SMILES string of the molecule is Cc1cc(-n2cc(COC3CCCCO3)nn2)ccc1CNC(C)C. The van der Waals surface area contributed by atoms with Gasteiger partial charge >= 0.3 is 0 Å². The summed E-state index contributed by atoms with van der Waals surface area (Å²) in [5.41, 5.74) is 4.38. The molecular weight excluding hydrogens is 316 g/mol. The van der Waals surface area contributed by atoms with E-state index in [2.05, 4.69) is 54.6 Å². The Labute approximate surface area is 149 Å². The minimum absolute atomic E-state index is 0.103. The van der Waals surface area contributed by atoms with Crippen LogP contribution >= 0.6 is 0 Å². The normalized spacial score (nSPS) is 18.0. The van der Waals surface area contributed by atoms with Gasteiger partial charge in [0, 0.05) is 19.2 Å². The summed E-state index contributed by atoms with van der Waals surface area (Å²) in [5.74, 6) is 0. The Morgan fingerprint density at radius 1 is 1.36 bits per heavy atom. The van der Waals surface area contributed by atoms with Gasteiger partial charge in [0.15, 0.2) is 6.29 Å². The first-order valence-corrected chi connectivity index (χ1v) is 9.09. The van der Waals surface area contributed by atoms with Crippen LogP contribution in [0.5, 0.6) is 0 Å². The second-order valence-corrected chi connectivity index (χ2v) is 6.91. The van der Waals surface area contributed by atoms with E-state index in [9.17, 15) is 0 Å². The molecule has 2 aromatic rings. The van der Waals surface area contributed by atoms with Gasteiger partial charge in [0.2, 0.25) is 0 Å². The predicted molar refractivity (Wildman–Crippen MR) is 96.5 cm³/mol. The fourth-order valence-corrected chi connectivity index (χ4v) is 2.85. The summed E-state index contributed by atoms with van der Waals surface area (Å²) in [6.07, 6.45) is 5.06. The summed E-state index contributed by atoms with van der Waals surface area (Å²) in [6.45, 7) is 8.53. The molecule has 0 bridgehead atoms. The van der Waals surface area contributed by atoms with Gasteiger partial charge < -0.3 is 14.8 Å². The van der Waals surface area contributed by atoms with Gasteiger partial charge in [-0.2, -0.15) is 0 Å². The summed E-state index contributed by atoms with van der Waals surface area (Å²) >= 11 is 0. The Balaban J connectivity index is 1.60. The highest BCUT2D eigenvalue weighted by Gasteiger charge is 2.15. The average molecular weight is 344 g/mol. The molecule has 0 aliphatic carbocycles. The lowest BCUT2D eigenvalue weighted by molar-refractivity contribution is -0.169. The van der Waals surface area contributed by atoms with E-state index in [0.29, 0.717) is 12.6 Å². The van der Waals surface area contributed by atoms with Crippen molar-refractivity contribution in [1.29, 1.82) is 0 Å². The van der Waals surface area contributed by atoms with Gasteiger partial charge in [-0.25, -0.2) is 4.68 Å². The third-order valence-corrected chi connectivity index (χ3v) is 4.39. The van der Waals surface area contributed by atoms with Crippen LogP contribution in [-0.4, -0.2) is 33.9 Å². The molecule has 1 aliphatic heterocycles. The number of rotatable bonds is 7. The lowest BCUT2D eigenvalue weighted by Crippen LogP contribution is -2.22. The third kappa shape index (κ3) is 5.11. The Bertz CT molecular complexity index is 678. The number of hydrogen-bond donors (Lipinski definition) is 1. The number of aryl methyl sites for hydroxylation is 1. The van der Waals surface area contributed by atoms with Crippen LogP contribution < -0.4 is 5.32 Å². The summed E-state index contributed by atoms with van der Waals surface area (Å²) in [4.78, 5) is 0. The minimum atomic E-state index is -0.103. The van der Waals surface area contributed by atoms with E-state index >= 15 is 0 Å². The molecule has 1 N–H and O–H groups in total. The maximum Gasteiger partial charge on any atom is 0.158 e. The number of nitrogens with one attached hydrogen (secondary N) is 1. The van der Waals surface area contributed by atoms with Crippen LogP contribution in [0.2, 0.25) is 0 Å². The van der Waals surface area contributed by atoms with Crippen LogP contribution in [0.25, 0.3) is 5.69 Å². The molecule has 25 heavy (non-hydrogen) atoms. The molecule has 2 heterocycles. The smallest absolute Gasteiger partial charge is 0.158 e. The van der Waals surface area contributed by atoms with Crippen LogP contribution in [0.1, 0.15) is 49.9 Å². The second-order valence-electron chi connectivity index (χ2n) is 6.91. The lowest BCUT2D eigenvalue weighted by atomic mass is 10.1. The number of ether oxygens (including phenoxy) is 2. The van der Waals surface area contributed by atoms with Gasteiger partial charge in [0.1, 0.15) is 5.69 Å². The number of aromatic nitrogens is 3. The first-order chi connectivity index (χ1) is 12.1. The standard InChI is InChI=1S/C19H28N4O2/c1-14(2)20-11-16-7-8-18(10-15(16)3)23-12-17(21-22-23)13-25-19-6-4-5-9-24-19/h7-8,10,12,14,19-20H,4-6,9,11,13H2,1-3H3. The largest absolute Gasteiger partial charge is 0.353 e.